The summed E-state index contributed by atoms with van der Waals surface area (Å²) >= 11 is 18.9. The van der Waals surface area contributed by atoms with Crippen molar-refractivity contribution in [2.24, 2.45) is 0 Å². The summed E-state index contributed by atoms with van der Waals surface area (Å²) in [5.74, 6) is -1.56. The number of benzene rings is 2. The van der Waals surface area contributed by atoms with Gasteiger partial charge in [-0.3, -0.25) is 0 Å². The van der Waals surface area contributed by atoms with Crippen molar-refractivity contribution in [3.05, 3.63) is 43.4 Å². The molecule has 0 aliphatic heterocycles. The van der Waals surface area contributed by atoms with Crippen LogP contribution < -0.4 is 9.47 Å². The molecule has 0 radical (unpaired) electrons. The van der Waals surface area contributed by atoms with Crippen LogP contribution in [0.2, 0.25) is 15.1 Å². The number of phenols is 2. The molecule has 2 rings (SSSR count). The predicted molar refractivity (Wildman–Crippen MR) is 118 cm³/mol. The van der Waals surface area contributed by atoms with Crippen molar-refractivity contribution in [2.45, 2.75) is 27.7 Å². The Kier molecular flexibility index (Phi) is 7.40. The van der Waals surface area contributed by atoms with E-state index in [9.17, 15) is 15.0 Å². The zero-order valence-electron chi connectivity index (χ0n) is 17.2. The molecule has 0 atom stereocenters. The number of hydrogen-bond acceptors (Lipinski definition) is 6. The van der Waals surface area contributed by atoms with E-state index in [1.54, 1.807) is 26.8 Å². The van der Waals surface area contributed by atoms with Crippen molar-refractivity contribution in [3.8, 4) is 28.7 Å². The summed E-state index contributed by atoms with van der Waals surface area (Å²) in [4.78, 5) is 12.4. The lowest BCUT2D eigenvalue weighted by Crippen LogP contribution is -2.08. The number of carbonyl (C=O) groups is 1. The van der Waals surface area contributed by atoms with Crippen LogP contribution in [0.5, 0.6) is 28.7 Å². The number of hydrogen-bond donors (Lipinski definition) is 2. The average molecular weight is 476 g/mol. The van der Waals surface area contributed by atoms with Gasteiger partial charge < -0.3 is 24.4 Å². The molecule has 0 aromatic heterocycles. The lowest BCUT2D eigenvalue weighted by molar-refractivity contribution is 0.0597. The molecule has 0 aliphatic rings. The summed E-state index contributed by atoms with van der Waals surface area (Å²) in [5, 5.41) is 20.9. The fraction of sp³-hybridized carbons (Fsp3) is 0.286. The lowest BCUT2D eigenvalue weighted by Gasteiger charge is -2.22. The number of carbonyl (C=O) groups excluding carboxylic acids is 1. The Hall–Kier alpha value is -2.28. The van der Waals surface area contributed by atoms with Crippen LogP contribution in [-0.4, -0.2) is 30.4 Å². The van der Waals surface area contributed by atoms with Gasteiger partial charge in [-0.15, -0.1) is 0 Å². The summed E-state index contributed by atoms with van der Waals surface area (Å²) in [7, 11) is 2.61. The van der Waals surface area contributed by atoms with Gasteiger partial charge in [-0.05, 0) is 38.8 Å². The molecule has 0 heterocycles. The van der Waals surface area contributed by atoms with Crippen molar-refractivity contribution in [1.82, 2.24) is 0 Å². The average Bonchev–Trinajstić information content (AvgIpc) is 2.73. The van der Waals surface area contributed by atoms with Gasteiger partial charge in [0, 0.05) is 11.1 Å². The van der Waals surface area contributed by atoms with Crippen LogP contribution in [0, 0.1) is 13.8 Å². The molecule has 0 bridgehead atoms. The van der Waals surface area contributed by atoms with Gasteiger partial charge in [-0.2, -0.15) is 0 Å². The van der Waals surface area contributed by atoms with E-state index in [1.807, 2.05) is 0 Å². The van der Waals surface area contributed by atoms with Crippen molar-refractivity contribution >= 4 is 46.3 Å². The normalized spacial score (nSPS) is 11.4. The van der Waals surface area contributed by atoms with E-state index in [1.165, 1.54) is 21.1 Å². The maximum Gasteiger partial charge on any atom is 0.342 e. The number of aromatic hydroxyl groups is 2. The van der Waals surface area contributed by atoms with Crippen LogP contribution in [-0.2, 0) is 4.74 Å². The van der Waals surface area contributed by atoms with Crippen LogP contribution in [0.3, 0.4) is 0 Å². The number of ether oxygens (including phenoxy) is 3. The summed E-state index contributed by atoms with van der Waals surface area (Å²) in [6.45, 7) is 6.64. The molecule has 0 spiro atoms. The van der Waals surface area contributed by atoms with Gasteiger partial charge in [0.05, 0.1) is 24.3 Å². The van der Waals surface area contributed by atoms with Gasteiger partial charge in [0.1, 0.15) is 16.3 Å². The zero-order valence-corrected chi connectivity index (χ0v) is 19.5. The highest BCUT2D eigenvalue weighted by Gasteiger charge is 2.30. The summed E-state index contributed by atoms with van der Waals surface area (Å²) in [6.07, 6.45) is 1.76. The van der Waals surface area contributed by atoms with Crippen LogP contribution in [0.1, 0.15) is 40.9 Å². The minimum Gasteiger partial charge on any atom is -0.505 e. The second kappa shape index (κ2) is 9.25. The number of methoxy groups -OCH3 is 2. The van der Waals surface area contributed by atoms with E-state index in [4.69, 9.17) is 49.0 Å². The van der Waals surface area contributed by atoms with Crippen LogP contribution in [0.25, 0.3) is 5.57 Å². The number of esters is 1. The molecule has 30 heavy (non-hydrogen) atoms. The molecule has 6 nitrogen and oxygen atoms in total. The van der Waals surface area contributed by atoms with E-state index in [0.29, 0.717) is 16.7 Å². The minimum absolute atomic E-state index is 0.0675. The maximum absolute atomic E-state index is 12.4. The second-order valence-corrected chi connectivity index (χ2v) is 7.53. The highest BCUT2D eigenvalue weighted by atomic mass is 35.5. The van der Waals surface area contributed by atoms with Gasteiger partial charge in [0.2, 0.25) is 0 Å². The fourth-order valence-corrected chi connectivity index (χ4v) is 3.85. The van der Waals surface area contributed by atoms with Crippen molar-refractivity contribution in [2.75, 3.05) is 14.2 Å². The van der Waals surface area contributed by atoms with Gasteiger partial charge >= 0.3 is 5.97 Å². The third-order valence-electron chi connectivity index (χ3n) is 4.73. The highest BCUT2D eigenvalue weighted by molar-refractivity contribution is 6.39. The van der Waals surface area contributed by atoms with Gasteiger partial charge in [-0.25, -0.2) is 4.79 Å². The monoisotopic (exact) mass is 474 g/mol. The smallest absolute Gasteiger partial charge is 0.342 e. The Balaban J connectivity index is 2.95. The summed E-state index contributed by atoms with van der Waals surface area (Å²) in [6, 6.07) is 0. The first kappa shape index (κ1) is 24.0. The van der Waals surface area contributed by atoms with Crippen molar-refractivity contribution in [3.63, 3.8) is 0 Å². The predicted octanol–water partition coefficient (Wildman–Crippen LogP) is 6.69. The highest BCUT2D eigenvalue weighted by Crippen LogP contribution is 2.53. The molecule has 9 heteroatoms. The quantitative estimate of drug-likeness (QED) is 0.469. The molecular formula is C21H21Cl3O6. The Morgan fingerprint density at radius 1 is 0.867 bits per heavy atom. The second-order valence-electron chi connectivity index (χ2n) is 6.40. The van der Waals surface area contributed by atoms with E-state index in [-0.39, 0.29) is 49.2 Å². The number of phenolic OH excluding ortho intramolecular Hbond substituents is 2. The summed E-state index contributed by atoms with van der Waals surface area (Å²) in [5.41, 5.74) is 1.40. The SMILES string of the molecule is C/C=C(/C)c1c(Cl)c(OC)c(C)c(O)c1Oc1c(Cl)c(O)c(Cl)c(C)c1C(=O)OC. The van der Waals surface area contributed by atoms with Crippen molar-refractivity contribution < 1.29 is 29.2 Å². The largest absolute Gasteiger partial charge is 0.505 e. The maximum atomic E-state index is 12.4. The van der Waals surface area contributed by atoms with Gasteiger partial charge in [0.15, 0.2) is 23.0 Å². The van der Waals surface area contributed by atoms with Crippen LogP contribution in [0.4, 0.5) is 0 Å². The first-order chi connectivity index (χ1) is 14.0. The standard InChI is InChI=1S/C21H21Cl3O6/c1-7-8(2)11-14(23)18(28-5)10(4)16(25)20(11)30-19-12(21(27)29-6)9(3)13(22)17(26)15(19)24/h7,25-26H,1-6H3/b8-7-. The first-order valence-corrected chi connectivity index (χ1v) is 9.85. The first-order valence-electron chi connectivity index (χ1n) is 8.72. The number of halogens is 3. The molecule has 0 aliphatic carbocycles. The van der Waals surface area contributed by atoms with Gasteiger partial charge in [-0.1, -0.05) is 40.9 Å². The molecule has 0 saturated heterocycles. The molecule has 2 aromatic rings. The molecule has 162 valence electrons. The Labute approximate surface area is 189 Å². The lowest BCUT2D eigenvalue weighted by atomic mass is 10.0. The molecular weight excluding hydrogens is 455 g/mol. The molecule has 2 N–H and O–H groups in total. The van der Waals surface area contributed by atoms with E-state index < -0.39 is 11.7 Å². The Morgan fingerprint density at radius 3 is 1.97 bits per heavy atom. The Morgan fingerprint density at radius 2 is 1.47 bits per heavy atom. The van der Waals surface area contributed by atoms with Crippen LogP contribution in [0.15, 0.2) is 6.08 Å². The van der Waals surface area contributed by atoms with E-state index in [0.717, 1.165) is 0 Å². The number of rotatable bonds is 5. The Bertz CT molecular complexity index is 1060. The zero-order chi connectivity index (χ0) is 22.9. The fourth-order valence-electron chi connectivity index (χ4n) is 2.93. The van der Waals surface area contributed by atoms with Crippen LogP contribution >= 0.6 is 34.8 Å². The minimum atomic E-state index is -0.786. The summed E-state index contributed by atoms with van der Waals surface area (Å²) < 4.78 is 16.1. The van der Waals surface area contributed by atoms with Crippen molar-refractivity contribution in [1.29, 1.82) is 0 Å². The third-order valence-corrected chi connectivity index (χ3v) is 5.90. The molecule has 2 aromatic carbocycles. The molecule has 0 amide bonds. The molecule has 0 saturated carbocycles. The topological polar surface area (TPSA) is 85.2 Å². The molecule has 0 unspecified atom stereocenters. The third kappa shape index (κ3) is 3.87. The van der Waals surface area contributed by atoms with E-state index >= 15 is 0 Å². The van der Waals surface area contributed by atoms with E-state index in [2.05, 4.69) is 0 Å². The number of allylic oxidation sites excluding steroid dienone is 2. The van der Waals surface area contributed by atoms with Gasteiger partial charge in [0.25, 0.3) is 0 Å². The molecule has 0 fully saturated rings.